The predicted molar refractivity (Wildman–Crippen MR) is 115 cm³/mol. The van der Waals surface area contributed by atoms with Crippen LogP contribution in [0.15, 0.2) is 18.2 Å². The van der Waals surface area contributed by atoms with Crippen molar-refractivity contribution in [2.75, 3.05) is 39.8 Å². The van der Waals surface area contributed by atoms with Gasteiger partial charge >= 0.3 is 0 Å². The van der Waals surface area contributed by atoms with Gasteiger partial charge in [-0.15, -0.1) is 0 Å². The van der Waals surface area contributed by atoms with Crippen LogP contribution in [0.25, 0.3) is 0 Å². The molecule has 2 aliphatic heterocycles. The number of amides is 1. The van der Waals surface area contributed by atoms with E-state index >= 15 is 0 Å². The molecule has 2 saturated heterocycles. The summed E-state index contributed by atoms with van der Waals surface area (Å²) in [5, 5.41) is 0. The van der Waals surface area contributed by atoms with Crippen molar-refractivity contribution >= 4 is 5.91 Å². The molecular weight excluding hydrogens is 364 g/mol. The molecule has 5 nitrogen and oxygen atoms in total. The minimum absolute atomic E-state index is 0.0925. The third-order valence-corrected chi connectivity index (χ3v) is 6.88. The van der Waals surface area contributed by atoms with E-state index in [1.807, 2.05) is 23.1 Å². The van der Waals surface area contributed by atoms with E-state index in [0.717, 1.165) is 63.5 Å². The summed E-state index contributed by atoms with van der Waals surface area (Å²) < 4.78 is 11.8. The number of nitrogens with zero attached hydrogens (tertiary/aromatic N) is 2. The summed E-state index contributed by atoms with van der Waals surface area (Å²) >= 11 is 0. The SMILES string of the molecule is COc1ccc(C(=O)N2CCCC2)c(OC2CCN(CC3CCCCC3)CC2)c1. The van der Waals surface area contributed by atoms with Crippen molar-refractivity contribution in [3.8, 4) is 11.5 Å². The first-order valence-electron chi connectivity index (χ1n) is 11.6. The lowest BCUT2D eigenvalue weighted by molar-refractivity contribution is 0.0749. The highest BCUT2D eigenvalue weighted by Gasteiger charge is 2.27. The van der Waals surface area contributed by atoms with Crippen LogP contribution < -0.4 is 9.47 Å². The van der Waals surface area contributed by atoms with Gasteiger partial charge in [0.05, 0.1) is 12.7 Å². The van der Waals surface area contributed by atoms with Gasteiger partial charge in [0, 0.05) is 38.8 Å². The molecule has 1 aliphatic carbocycles. The first-order chi connectivity index (χ1) is 14.2. The van der Waals surface area contributed by atoms with Crippen molar-refractivity contribution in [1.29, 1.82) is 0 Å². The fraction of sp³-hybridized carbons (Fsp3) is 0.708. The van der Waals surface area contributed by atoms with Gasteiger partial charge in [0.1, 0.15) is 17.6 Å². The summed E-state index contributed by atoms with van der Waals surface area (Å²) in [4.78, 5) is 17.5. The Morgan fingerprint density at radius 3 is 2.38 bits per heavy atom. The molecule has 3 fully saturated rings. The van der Waals surface area contributed by atoms with E-state index in [1.165, 1.54) is 38.6 Å². The highest BCUT2D eigenvalue weighted by atomic mass is 16.5. The predicted octanol–water partition coefficient (Wildman–Crippen LogP) is 4.35. The second-order valence-corrected chi connectivity index (χ2v) is 8.98. The smallest absolute Gasteiger partial charge is 0.257 e. The Morgan fingerprint density at radius 1 is 0.966 bits per heavy atom. The maximum Gasteiger partial charge on any atom is 0.257 e. The number of hydrogen-bond donors (Lipinski definition) is 0. The maximum atomic E-state index is 13.0. The van der Waals surface area contributed by atoms with Gasteiger partial charge in [-0.05, 0) is 56.6 Å². The molecular formula is C24H36N2O3. The van der Waals surface area contributed by atoms with Gasteiger partial charge in [-0.25, -0.2) is 0 Å². The molecule has 0 atom stereocenters. The van der Waals surface area contributed by atoms with Crippen molar-refractivity contribution in [3.05, 3.63) is 23.8 Å². The van der Waals surface area contributed by atoms with Gasteiger partial charge < -0.3 is 19.3 Å². The number of rotatable bonds is 6. The van der Waals surface area contributed by atoms with Crippen molar-refractivity contribution in [3.63, 3.8) is 0 Å². The van der Waals surface area contributed by atoms with Gasteiger partial charge in [0.25, 0.3) is 5.91 Å². The zero-order valence-electron chi connectivity index (χ0n) is 17.9. The first kappa shape index (κ1) is 20.5. The van der Waals surface area contributed by atoms with E-state index in [-0.39, 0.29) is 12.0 Å². The van der Waals surface area contributed by atoms with Gasteiger partial charge in [0.15, 0.2) is 0 Å². The van der Waals surface area contributed by atoms with Crippen LogP contribution in [0.2, 0.25) is 0 Å². The van der Waals surface area contributed by atoms with E-state index in [4.69, 9.17) is 9.47 Å². The van der Waals surface area contributed by atoms with Crippen LogP contribution in [0.1, 0.15) is 68.1 Å². The summed E-state index contributed by atoms with van der Waals surface area (Å²) in [5.41, 5.74) is 0.678. The Bertz CT molecular complexity index is 673. The number of piperidine rings is 1. The van der Waals surface area contributed by atoms with Gasteiger partial charge in [0.2, 0.25) is 0 Å². The lowest BCUT2D eigenvalue weighted by atomic mass is 9.88. The minimum Gasteiger partial charge on any atom is -0.497 e. The van der Waals surface area contributed by atoms with Crippen molar-refractivity contribution in [2.24, 2.45) is 5.92 Å². The van der Waals surface area contributed by atoms with E-state index in [9.17, 15) is 4.79 Å². The van der Waals surface area contributed by atoms with E-state index in [2.05, 4.69) is 4.90 Å². The average molecular weight is 401 g/mol. The first-order valence-corrected chi connectivity index (χ1v) is 11.6. The molecule has 3 aliphatic rings. The monoisotopic (exact) mass is 400 g/mol. The Hall–Kier alpha value is -1.75. The number of hydrogen-bond acceptors (Lipinski definition) is 4. The zero-order valence-corrected chi connectivity index (χ0v) is 17.9. The van der Waals surface area contributed by atoms with E-state index < -0.39 is 0 Å². The summed E-state index contributed by atoms with van der Waals surface area (Å²) in [6.45, 7) is 5.15. The van der Waals surface area contributed by atoms with Crippen LogP contribution >= 0.6 is 0 Å². The number of benzene rings is 1. The number of carbonyl (C=O) groups excluding carboxylic acids is 1. The highest BCUT2D eigenvalue weighted by Crippen LogP contribution is 2.30. The molecule has 1 saturated carbocycles. The number of carbonyl (C=O) groups is 1. The third kappa shape index (κ3) is 5.25. The summed E-state index contributed by atoms with van der Waals surface area (Å²) in [6.07, 6.45) is 11.5. The van der Waals surface area contributed by atoms with Crippen LogP contribution in [0.3, 0.4) is 0 Å². The Labute approximate surface area is 175 Å². The van der Waals surface area contributed by atoms with Crippen LogP contribution in [0.5, 0.6) is 11.5 Å². The molecule has 2 heterocycles. The number of likely N-dealkylation sites (tertiary alicyclic amines) is 2. The molecule has 0 N–H and O–H groups in total. The van der Waals surface area contributed by atoms with Crippen molar-refractivity contribution < 1.29 is 14.3 Å². The molecule has 0 spiro atoms. The minimum atomic E-state index is 0.0925. The van der Waals surface area contributed by atoms with Crippen molar-refractivity contribution in [2.45, 2.75) is 63.9 Å². The summed E-state index contributed by atoms with van der Waals surface area (Å²) in [6, 6.07) is 5.62. The summed E-state index contributed by atoms with van der Waals surface area (Å²) in [7, 11) is 1.66. The number of methoxy groups -OCH3 is 1. The van der Waals surface area contributed by atoms with Gasteiger partial charge in [-0.3, -0.25) is 4.79 Å². The molecule has 160 valence electrons. The molecule has 1 amide bonds. The lowest BCUT2D eigenvalue weighted by Crippen LogP contribution is -2.41. The quantitative estimate of drug-likeness (QED) is 0.712. The molecule has 0 bridgehead atoms. The molecule has 5 heteroatoms. The second kappa shape index (κ2) is 9.84. The number of ether oxygens (including phenoxy) is 2. The molecule has 4 rings (SSSR count). The zero-order chi connectivity index (χ0) is 20.1. The maximum absolute atomic E-state index is 13.0. The van der Waals surface area contributed by atoms with E-state index in [0.29, 0.717) is 11.3 Å². The van der Waals surface area contributed by atoms with Gasteiger partial charge in [-0.2, -0.15) is 0 Å². The third-order valence-electron chi connectivity index (χ3n) is 6.88. The molecule has 1 aromatic carbocycles. The largest absolute Gasteiger partial charge is 0.497 e. The normalized spacial score (nSPS) is 22.0. The molecule has 0 aromatic heterocycles. The van der Waals surface area contributed by atoms with Crippen molar-refractivity contribution in [1.82, 2.24) is 9.80 Å². The fourth-order valence-corrected chi connectivity index (χ4v) is 5.12. The average Bonchev–Trinajstić information content (AvgIpc) is 3.30. The standard InChI is InChI=1S/C24H36N2O3/c1-28-21-9-10-22(24(27)26-13-5-6-14-26)23(17-21)29-20-11-15-25(16-12-20)18-19-7-3-2-4-8-19/h9-10,17,19-20H,2-8,11-16,18H2,1H3. The Kier molecular flexibility index (Phi) is 6.96. The Morgan fingerprint density at radius 2 is 1.69 bits per heavy atom. The van der Waals surface area contributed by atoms with E-state index in [1.54, 1.807) is 7.11 Å². The van der Waals surface area contributed by atoms with Crippen LogP contribution in [0, 0.1) is 5.92 Å². The second-order valence-electron chi connectivity index (χ2n) is 8.98. The molecule has 0 radical (unpaired) electrons. The fourth-order valence-electron chi connectivity index (χ4n) is 5.12. The highest BCUT2D eigenvalue weighted by molar-refractivity contribution is 5.97. The van der Waals surface area contributed by atoms with Crippen LogP contribution in [-0.4, -0.2) is 61.6 Å². The Balaban J connectivity index is 1.36. The molecule has 1 aromatic rings. The summed E-state index contributed by atoms with van der Waals surface area (Å²) in [5.74, 6) is 2.42. The van der Waals surface area contributed by atoms with Gasteiger partial charge in [-0.1, -0.05) is 19.3 Å². The topological polar surface area (TPSA) is 42.0 Å². The molecule has 0 unspecified atom stereocenters. The molecule has 29 heavy (non-hydrogen) atoms. The van der Waals surface area contributed by atoms with Crippen LogP contribution in [0.4, 0.5) is 0 Å². The lowest BCUT2D eigenvalue weighted by Gasteiger charge is -2.35. The van der Waals surface area contributed by atoms with Crippen LogP contribution in [-0.2, 0) is 0 Å².